The number of rotatable bonds is 3. The average Bonchev–Trinajstić information content (AvgIpc) is 2.48. The number of aryl methyl sites for hydroxylation is 1. The van der Waals surface area contributed by atoms with Crippen LogP contribution in [0.15, 0.2) is 46.1 Å². The predicted molar refractivity (Wildman–Crippen MR) is 72.5 cm³/mol. The van der Waals surface area contributed by atoms with Crippen molar-refractivity contribution in [2.24, 2.45) is 14.1 Å². The van der Waals surface area contributed by atoms with Crippen LogP contribution in [0.1, 0.15) is 15.9 Å². The Labute approximate surface area is 114 Å². The molecule has 20 heavy (non-hydrogen) atoms. The molecule has 2 rings (SSSR count). The normalized spacial score (nSPS) is 10.3. The molecule has 0 saturated carbocycles. The third kappa shape index (κ3) is 2.69. The van der Waals surface area contributed by atoms with E-state index in [1.54, 1.807) is 30.3 Å². The first-order valence-electron chi connectivity index (χ1n) is 5.98. The summed E-state index contributed by atoms with van der Waals surface area (Å²) in [6.45, 7) is -0.172. The molecule has 2 aromatic rings. The molecular formula is C14H14N2O4. The van der Waals surface area contributed by atoms with Crippen molar-refractivity contribution in [1.82, 2.24) is 9.13 Å². The molecule has 0 amide bonds. The van der Waals surface area contributed by atoms with E-state index in [4.69, 9.17) is 4.74 Å². The molecular weight excluding hydrogens is 260 g/mol. The van der Waals surface area contributed by atoms with Crippen LogP contribution in [0, 0.1) is 0 Å². The van der Waals surface area contributed by atoms with Crippen LogP contribution in [0.5, 0.6) is 0 Å². The van der Waals surface area contributed by atoms with Crippen molar-refractivity contribution in [3.8, 4) is 0 Å². The van der Waals surface area contributed by atoms with Crippen LogP contribution < -0.4 is 11.2 Å². The van der Waals surface area contributed by atoms with E-state index < -0.39 is 17.2 Å². The molecule has 1 aromatic carbocycles. The Kier molecular flexibility index (Phi) is 3.84. The summed E-state index contributed by atoms with van der Waals surface area (Å²) < 4.78 is 7.33. The van der Waals surface area contributed by atoms with Crippen LogP contribution in [0.2, 0.25) is 0 Å². The van der Waals surface area contributed by atoms with Gasteiger partial charge in [-0.15, -0.1) is 0 Å². The third-order valence-electron chi connectivity index (χ3n) is 2.89. The summed E-state index contributed by atoms with van der Waals surface area (Å²) in [6.07, 6.45) is 1.38. The van der Waals surface area contributed by atoms with Gasteiger partial charge in [-0.2, -0.15) is 0 Å². The number of hydrogen-bond acceptors (Lipinski definition) is 4. The number of hydrogen-bond donors (Lipinski definition) is 0. The molecule has 6 nitrogen and oxygen atoms in total. The number of carbonyl (C=O) groups excluding carboxylic acids is 1. The molecule has 0 spiro atoms. The Balaban J connectivity index is 2.19. The van der Waals surface area contributed by atoms with Gasteiger partial charge in [-0.25, -0.2) is 9.59 Å². The van der Waals surface area contributed by atoms with E-state index >= 15 is 0 Å². The van der Waals surface area contributed by atoms with Gasteiger partial charge in [0.05, 0.1) is 11.1 Å². The summed E-state index contributed by atoms with van der Waals surface area (Å²) in [4.78, 5) is 35.1. The van der Waals surface area contributed by atoms with E-state index in [9.17, 15) is 14.4 Å². The smallest absolute Gasteiger partial charge is 0.338 e. The zero-order valence-corrected chi connectivity index (χ0v) is 11.2. The van der Waals surface area contributed by atoms with E-state index in [-0.39, 0.29) is 12.2 Å². The number of benzene rings is 1. The van der Waals surface area contributed by atoms with Gasteiger partial charge < -0.3 is 9.30 Å². The van der Waals surface area contributed by atoms with E-state index in [2.05, 4.69) is 0 Å². The van der Waals surface area contributed by atoms with Gasteiger partial charge in [0.15, 0.2) is 0 Å². The Morgan fingerprint density at radius 3 is 2.45 bits per heavy atom. The molecule has 0 N–H and O–H groups in total. The minimum Gasteiger partial charge on any atom is -0.457 e. The fourth-order valence-electron chi connectivity index (χ4n) is 1.78. The molecule has 0 atom stereocenters. The lowest BCUT2D eigenvalue weighted by Gasteiger charge is -2.07. The van der Waals surface area contributed by atoms with Crippen molar-refractivity contribution in [1.29, 1.82) is 0 Å². The van der Waals surface area contributed by atoms with Crippen molar-refractivity contribution in [2.75, 3.05) is 0 Å². The predicted octanol–water partition coefficient (Wildman–Crippen LogP) is 0.441. The van der Waals surface area contributed by atoms with Crippen molar-refractivity contribution in [2.45, 2.75) is 6.61 Å². The Morgan fingerprint density at radius 1 is 1.15 bits per heavy atom. The van der Waals surface area contributed by atoms with Gasteiger partial charge in [-0.05, 0) is 12.1 Å². The SMILES string of the molecule is Cn1cc(COC(=O)c2ccccc2)c(=O)n(C)c1=O. The molecule has 1 aromatic heterocycles. The second-order valence-corrected chi connectivity index (χ2v) is 4.35. The highest BCUT2D eigenvalue weighted by atomic mass is 16.5. The topological polar surface area (TPSA) is 70.3 Å². The van der Waals surface area contributed by atoms with E-state index in [0.717, 1.165) is 4.57 Å². The average molecular weight is 274 g/mol. The fourth-order valence-corrected chi connectivity index (χ4v) is 1.78. The third-order valence-corrected chi connectivity index (χ3v) is 2.89. The summed E-state index contributed by atoms with van der Waals surface area (Å²) in [5.74, 6) is -0.512. The quantitative estimate of drug-likeness (QED) is 0.762. The highest BCUT2D eigenvalue weighted by molar-refractivity contribution is 5.89. The van der Waals surface area contributed by atoms with Gasteiger partial charge in [0.25, 0.3) is 5.56 Å². The van der Waals surface area contributed by atoms with Crippen LogP contribution in [0.4, 0.5) is 0 Å². The number of nitrogens with zero attached hydrogens (tertiary/aromatic N) is 2. The maximum atomic E-state index is 11.8. The lowest BCUT2D eigenvalue weighted by Crippen LogP contribution is -2.38. The number of ether oxygens (including phenoxy) is 1. The Hall–Kier alpha value is -2.63. The van der Waals surface area contributed by atoms with Crippen LogP contribution in [0.25, 0.3) is 0 Å². The molecule has 0 aliphatic rings. The maximum Gasteiger partial charge on any atom is 0.338 e. The van der Waals surface area contributed by atoms with E-state index in [1.807, 2.05) is 0 Å². The highest BCUT2D eigenvalue weighted by Gasteiger charge is 2.11. The zero-order chi connectivity index (χ0) is 14.7. The molecule has 0 saturated heterocycles. The fraction of sp³-hybridized carbons (Fsp3) is 0.214. The van der Waals surface area contributed by atoms with Gasteiger partial charge >= 0.3 is 11.7 Å². The molecule has 6 heteroatoms. The molecule has 0 fully saturated rings. The lowest BCUT2D eigenvalue weighted by molar-refractivity contribution is 0.0469. The molecule has 0 radical (unpaired) electrons. The number of esters is 1. The first kappa shape index (κ1) is 13.8. The maximum absolute atomic E-state index is 11.8. The monoisotopic (exact) mass is 274 g/mol. The second-order valence-electron chi connectivity index (χ2n) is 4.35. The summed E-state index contributed by atoms with van der Waals surface area (Å²) in [5, 5.41) is 0. The Morgan fingerprint density at radius 2 is 1.80 bits per heavy atom. The van der Waals surface area contributed by atoms with Gasteiger partial charge in [0, 0.05) is 20.3 Å². The van der Waals surface area contributed by atoms with E-state index in [1.165, 1.54) is 24.9 Å². The molecule has 104 valence electrons. The molecule has 1 heterocycles. The first-order chi connectivity index (χ1) is 9.50. The van der Waals surface area contributed by atoms with Crippen molar-refractivity contribution in [3.63, 3.8) is 0 Å². The minimum atomic E-state index is -0.512. The number of aromatic nitrogens is 2. The van der Waals surface area contributed by atoms with Crippen LogP contribution in [-0.4, -0.2) is 15.1 Å². The van der Waals surface area contributed by atoms with Gasteiger partial charge in [0.2, 0.25) is 0 Å². The largest absolute Gasteiger partial charge is 0.457 e. The molecule has 0 aliphatic carbocycles. The lowest BCUT2D eigenvalue weighted by atomic mass is 10.2. The van der Waals surface area contributed by atoms with Gasteiger partial charge in [0.1, 0.15) is 6.61 Å². The second kappa shape index (κ2) is 5.56. The molecule has 0 aliphatic heterocycles. The first-order valence-corrected chi connectivity index (χ1v) is 5.98. The summed E-state index contributed by atoms with van der Waals surface area (Å²) >= 11 is 0. The van der Waals surface area contributed by atoms with Crippen molar-refractivity contribution >= 4 is 5.97 Å². The van der Waals surface area contributed by atoms with Gasteiger partial charge in [-0.3, -0.25) is 9.36 Å². The Bertz CT molecular complexity index is 744. The highest BCUT2D eigenvalue weighted by Crippen LogP contribution is 2.03. The van der Waals surface area contributed by atoms with Crippen molar-refractivity contribution < 1.29 is 9.53 Å². The summed E-state index contributed by atoms with van der Waals surface area (Å²) in [6, 6.07) is 8.49. The van der Waals surface area contributed by atoms with Crippen molar-refractivity contribution in [3.05, 3.63) is 68.5 Å². The van der Waals surface area contributed by atoms with Crippen LogP contribution in [-0.2, 0) is 25.4 Å². The molecule has 0 unspecified atom stereocenters. The standard InChI is InChI=1S/C14H14N2O4/c1-15-8-11(12(17)16(2)14(15)19)9-20-13(18)10-6-4-3-5-7-10/h3-8H,9H2,1-2H3. The number of carbonyl (C=O) groups is 1. The molecule has 0 bridgehead atoms. The van der Waals surface area contributed by atoms with Crippen LogP contribution >= 0.6 is 0 Å². The summed E-state index contributed by atoms with van der Waals surface area (Å²) in [7, 11) is 2.91. The van der Waals surface area contributed by atoms with Crippen LogP contribution in [0.3, 0.4) is 0 Å². The zero-order valence-electron chi connectivity index (χ0n) is 11.2. The van der Waals surface area contributed by atoms with Gasteiger partial charge in [-0.1, -0.05) is 18.2 Å². The minimum absolute atomic E-state index is 0.172. The summed E-state index contributed by atoms with van der Waals surface area (Å²) in [5.41, 5.74) is -0.227. The van der Waals surface area contributed by atoms with E-state index in [0.29, 0.717) is 5.56 Å².